The molecule has 4 heterocycles. The highest BCUT2D eigenvalue weighted by Gasteiger charge is 2.52. The van der Waals surface area contributed by atoms with Crippen molar-refractivity contribution in [1.82, 2.24) is 0 Å². The Balaban J connectivity index is 0.00000210. The number of aliphatic hydroxyl groups excluding tert-OH is 1. The lowest BCUT2D eigenvalue weighted by atomic mass is 9.82. The average molecular weight is 460 g/mol. The van der Waals surface area contributed by atoms with E-state index in [0.717, 1.165) is 74.1 Å². The molecule has 7 heteroatoms. The van der Waals surface area contributed by atoms with Crippen molar-refractivity contribution in [3.05, 3.63) is 22.4 Å². The summed E-state index contributed by atoms with van der Waals surface area (Å²) >= 11 is 1.44. The molecule has 2 bridgehead atoms. The lowest BCUT2D eigenvalue weighted by Crippen LogP contribution is -3.00. The van der Waals surface area contributed by atoms with E-state index in [1.54, 1.807) is 0 Å². The van der Waals surface area contributed by atoms with E-state index in [-0.39, 0.29) is 35.6 Å². The van der Waals surface area contributed by atoms with Crippen LogP contribution >= 0.6 is 11.3 Å². The molecule has 0 unspecified atom stereocenters. The Hall–Kier alpha value is -0.470. The minimum Gasteiger partial charge on any atom is -1.00 e. The van der Waals surface area contributed by atoms with Gasteiger partial charge in [-0.15, -0.1) is 11.3 Å². The second-order valence-corrected chi connectivity index (χ2v) is 9.37. The predicted octanol–water partition coefficient (Wildman–Crippen LogP) is -0.726. The third kappa shape index (κ3) is 3.86. The Morgan fingerprint density at radius 2 is 1.96 bits per heavy atom. The van der Waals surface area contributed by atoms with Crippen molar-refractivity contribution < 1.29 is 41.2 Å². The van der Waals surface area contributed by atoms with E-state index < -0.39 is 11.6 Å². The molecule has 2 atom stereocenters. The number of hydrogen-bond acceptors (Lipinski definition) is 5. The van der Waals surface area contributed by atoms with Gasteiger partial charge in [-0.2, -0.15) is 0 Å². The van der Waals surface area contributed by atoms with E-state index in [4.69, 9.17) is 4.74 Å². The van der Waals surface area contributed by atoms with E-state index in [0.29, 0.717) is 5.92 Å². The summed E-state index contributed by atoms with van der Waals surface area (Å²) in [5.74, 6) is -0.100. The van der Waals surface area contributed by atoms with Gasteiger partial charge >= 0.3 is 5.97 Å². The van der Waals surface area contributed by atoms with Crippen LogP contribution in [-0.2, 0) is 15.1 Å². The van der Waals surface area contributed by atoms with Gasteiger partial charge in [-0.3, -0.25) is 0 Å². The number of piperidine rings is 3. The molecule has 3 saturated heterocycles. The van der Waals surface area contributed by atoms with Crippen molar-refractivity contribution in [1.29, 1.82) is 0 Å². The number of aliphatic hydroxyl groups is 2. The second kappa shape index (κ2) is 8.49. The number of ether oxygens (including phenoxy) is 1. The molecule has 27 heavy (non-hydrogen) atoms. The number of carbonyl (C=O) groups excluding carboxylic acids is 1. The summed E-state index contributed by atoms with van der Waals surface area (Å²) in [5, 5.41) is 22.8. The van der Waals surface area contributed by atoms with Gasteiger partial charge in [-0.25, -0.2) is 4.79 Å². The molecule has 1 aliphatic carbocycles. The molecule has 2 N–H and O–H groups in total. The van der Waals surface area contributed by atoms with E-state index in [2.05, 4.69) is 0 Å². The maximum Gasteiger partial charge on any atom is 0.344 e. The standard InChI is InChI=1S/C20H30NO4S.BrH/c22-12-11-21-9-7-15(8-10-21)17(14-21)25-19(23)20(24,16-4-1-2-5-16)18-6-3-13-26-18;/h3,6,13,15-17,22,24H,1-2,4-5,7-12,14H2;1H/q+1;/p-1/t15?,17-,20+,21?;/m0./s1. The molecule has 5 nitrogen and oxygen atoms in total. The molecule has 4 fully saturated rings. The normalized spacial score (nSPS) is 32.7. The summed E-state index contributed by atoms with van der Waals surface area (Å²) < 4.78 is 6.87. The molecule has 152 valence electrons. The van der Waals surface area contributed by atoms with Gasteiger partial charge in [0.25, 0.3) is 0 Å². The fourth-order valence-corrected chi connectivity index (χ4v) is 6.31. The fraction of sp³-hybridized carbons (Fsp3) is 0.750. The number of halogens is 1. The highest BCUT2D eigenvalue weighted by molar-refractivity contribution is 7.10. The average Bonchev–Trinajstić information content (AvgIpc) is 3.36. The Morgan fingerprint density at radius 1 is 1.26 bits per heavy atom. The van der Waals surface area contributed by atoms with E-state index >= 15 is 0 Å². The molecule has 0 spiro atoms. The number of quaternary nitrogens is 1. The lowest BCUT2D eigenvalue weighted by molar-refractivity contribution is -0.946. The zero-order chi connectivity index (χ0) is 18.2. The highest BCUT2D eigenvalue weighted by Crippen LogP contribution is 2.44. The smallest absolute Gasteiger partial charge is 0.344 e. The first-order valence-corrected chi connectivity index (χ1v) is 10.9. The first kappa shape index (κ1) is 21.2. The zero-order valence-electron chi connectivity index (χ0n) is 15.7. The van der Waals surface area contributed by atoms with Gasteiger partial charge < -0.3 is 36.4 Å². The number of fused-ring (bicyclic) bond motifs is 3. The van der Waals surface area contributed by atoms with Crippen LogP contribution in [0.5, 0.6) is 0 Å². The van der Waals surface area contributed by atoms with Gasteiger partial charge in [0.15, 0.2) is 11.7 Å². The van der Waals surface area contributed by atoms with Crippen LogP contribution in [0.25, 0.3) is 0 Å². The SMILES string of the molecule is O=C(O[C@H]1C[N+]2(CCO)CCC1CC2)[C@](O)(c1cccs1)C1CCCC1.[Br-]. The van der Waals surface area contributed by atoms with Crippen LogP contribution in [0.3, 0.4) is 0 Å². The summed E-state index contributed by atoms with van der Waals surface area (Å²) in [7, 11) is 0. The molecule has 5 rings (SSSR count). The van der Waals surface area contributed by atoms with Gasteiger partial charge in [0.2, 0.25) is 0 Å². The Kier molecular flexibility index (Phi) is 6.68. The van der Waals surface area contributed by atoms with Crippen molar-refractivity contribution >= 4 is 17.3 Å². The number of nitrogens with zero attached hydrogens (tertiary/aromatic N) is 1. The maximum absolute atomic E-state index is 13.2. The van der Waals surface area contributed by atoms with Gasteiger partial charge in [0.1, 0.15) is 13.1 Å². The topological polar surface area (TPSA) is 66.8 Å². The van der Waals surface area contributed by atoms with Crippen molar-refractivity contribution in [2.75, 3.05) is 32.8 Å². The number of rotatable bonds is 6. The predicted molar refractivity (Wildman–Crippen MR) is 99.6 cm³/mol. The molecular formula is C20H30BrNO4S. The summed E-state index contributed by atoms with van der Waals surface area (Å²) in [6.45, 7) is 3.82. The lowest BCUT2D eigenvalue weighted by Gasteiger charge is -2.52. The van der Waals surface area contributed by atoms with Crippen LogP contribution in [0.1, 0.15) is 43.4 Å². The van der Waals surface area contributed by atoms with E-state index in [1.165, 1.54) is 11.3 Å². The van der Waals surface area contributed by atoms with Crippen molar-refractivity contribution in [3.8, 4) is 0 Å². The summed E-state index contributed by atoms with van der Waals surface area (Å²) in [5.41, 5.74) is -1.50. The van der Waals surface area contributed by atoms with Crippen LogP contribution in [0.4, 0.5) is 0 Å². The fourth-order valence-electron chi connectivity index (χ4n) is 5.42. The van der Waals surface area contributed by atoms with Crippen LogP contribution < -0.4 is 17.0 Å². The van der Waals surface area contributed by atoms with Gasteiger partial charge in [0.05, 0.1) is 19.7 Å². The van der Waals surface area contributed by atoms with Crippen LogP contribution in [0, 0.1) is 11.8 Å². The Morgan fingerprint density at radius 3 is 2.56 bits per heavy atom. The molecule has 3 aliphatic heterocycles. The van der Waals surface area contributed by atoms with Crippen LogP contribution in [0.2, 0.25) is 0 Å². The number of thiophene rings is 1. The first-order valence-electron chi connectivity index (χ1n) is 10.0. The minimum atomic E-state index is -1.50. The zero-order valence-corrected chi connectivity index (χ0v) is 18.1. The van der Waals surface area contributed by atoms with E-state index in [9.17, 15) is 15.0 Å². The highest BCUT2D eigenvalue weighted by atomic mass is 79.9. The maximum atomic E-state index is 13.2. The van der Waals surface area contributed by atoms with Gasteiger partial charge in [-0.1, -0.05) is 18.9 Å². The third-order valence-corrected chi connectivity index (χ3v) is 8.02. The molecule has 1 aromatic rings. The summed E-state index contributed by atoms with van der Waals surface area (Å²) in [6, 6.07) is 3.75. The molecule has 4 aliphatic rings. The van der Waals surface area contributed by atoms with Gasteiger partial charge in [0, 0.05) is 29.6 Å². The van der Waals surface area contributed by atoms with Crippen LogP contribution in [-0.4, -0.2) is 59.6 Å². The number of carbonyl (C=O) groups is 1. The Bertz CT molecular complexity index is 620. The monoisotopic (exact) mass is 459 g/mol. The van der Waals surface area contributed by atoms with E-state index in [1.807, 2.05) is 17.5 Å². The first-order chi connectivity index (χ1) is 12.6. The molecule has 0 aromatic carbocycles. The molecule has 1 saturated carbocycles. The molecule has 1 aromatic heterocycles. The van der Waals surface area contributed by atoms with Crippen molar-refractivity contribution in [3.63, 3.8) is 0 Å². The van der Waals surface area contributed by atoms with Crippen LogP contribution in [0.15, 0.2) is 17.5 Å². The van der Waals surface area contributed by atoms with Crippen molar-refractivity contribution in [2.24, 2.45) is 11.8 Å². The third-order valence-electron chi connectivity index (χ3n) is 7.03. The molecule has 0 radical (unpaired) electrons. The minimum absolute atomic E-state index is 0. The van der Waals surface area contributed by atoms with Gasteiger partial charge in [-0.05, 0) is 24.3 Å². The quantitative estimate of drug-likeness (QED) is 0.434. The molecule has 0 amide bonds. The molecular weight excluding hydrogens is 430 g/mol. The number of hydrogen-bond donors (Lipinski definition) is 2. The number of esters is 1. The largest absolute Gasteiger partial charge is 1.00 e. The van der Waals surface area contributed by atoms with Crippen molar-refractivity contribution in [2.45, 2.75) is 50.2 Å². The Labute approximate surface area is 175 Å². The summed E-state index contributed by atoms with van der Waals surface area (Å²) in [6.07, 6.45) is 5.83. The second-order valence-electron chi connectivity index (χ2n) is 8.42. The summed E-state index contributed by atoms with van der Waals surface area (Å²) in [4.78, 5) is 14.0.